The van der Waals surface area contributed by atoms with E-state index in [1.54, 1.807) is 0 Å². The first kappa shape index (κ1) is 15.3. The molecule has 1 aliphatic carbocycles. The van der Waals surface area contributed by atoms with Crippen molar-refractivity contribution in [2.75, 3.05) is 13.7 Å². The van der Waals surface area contributed by atoms with E-state index >= 15 is 0 Å². The van der Waals surface area contributed by atoms with E-state index in [0.29, 0.717) is 12.3 Å². The molecule has 1 atom stereocenters. The van der Waals surface area contributed by atoms with Gasteiger partial charge in [-0.05, 0) is 12.3 Å². The highest BCUT2D eigenvalue weighted by atomic mass is 19.4. The number of rotatable bonds is 5. The number of halogens is 3. The van der Waals surface area contributed by atoms with Gasteiger partial charge in [0.15, 0.2) is 0 Å². The Morgan fingerprint density at radius 2 is 1.94 bits per heavy atom. The molecule has 0 spiro atoms. The zero-order valence-corrected chi connectivity index (χ0v) is 10.6. The van der Waals surface area contributed by atoms with Gasteiger partial charge in [-0.3, -0.25) is 10.1 Å². The van der Waals surface area contributed by atoms with Gasteiger partial charge >= 0.3 is 12.1 Å². The van der Waals surface area contributed by atoms with Crippen molar-refractivity contribution in [3.8, 4) is 0 Å². The quantitative estimate of drug-likeness (QED) is 0.778. The van der Waals surface area contributed by atoms with Crippen LogP contribution in [0.25, 0.3) is 0 Å². The normalized spacial score (nSPS) is 19.6. The molecule has 1 aliphatic rings. The van der Waals surface area contributed by atoms with Gasteiger partial charge in [0.2, 0.25) is 0 Å². The third-order valence-corrected chi connectivity index (χ3v) is 3.33. The first-order chi connectivity index (χ1) is 8.42. The van der Waals surface area contributed by atoms with Gasteiger partial charge in [-0.25, -0.2) is 0 Å². The summed E-state index contributed by atoms with van der Waals surface area (Å²) in [5.41, 5.74) is 0. The average molecular weight is 267 g/mol. The number of alkyl halides is 3. The van der Waals surface area contributed by atoms with Gasteiger partial charge in [0.25, 0.3) is 0 Å². The van der Waals surface area contributed by atoms with Crippen LogP contribution in [-0.4, -0.2) is 31.8 Å². The van der Waals surface area contributed by atoms with Crippen molar-refractivity contribution in [3.63, 3.8) is 0 Å². The second-order valence-electron chi connectivity index (χ2n) is 4.81. The van der Waals surface area contributed by atoms with Crippen molar-refractivity contribution in [1.82, 2.24) is 5.32 Å². The standard InChI is InChI=1S/C12H20F3NO2/c1-18-11(17)10(16-8-12(13,14)15)7-9-5-3-2-4-6-9/h9-10,16H,2-8H2,1H3. The van der Waals surface area contributed by atoms with Crippen LogP contribution in [0.5, 0.6) is 0 Å². The van der Waals surface area contributed by atoms with E-state index in [0.717, 1.165) is 25.7 Å². The molecule has 0 amide bonds. The summed E-state index contributed by atoms with van der Waals surface area (Å²) in [7, 11) is 1.20. The molecule has 0 heterocycles. The summed E-state index contributed by atoms with van der Waals surface area (Å²) in [6, 6.07) is -0.847. The molecule has 1 unspecified atom stereocenters. The third kappa shape index (κ3) is 5.71. The Morgan fingerprint density at radius 1 is 1.33 bits per heavy atom. The monoisotopic (exact) mass is 267 g/mol. The summed E-state index contributed by atoms with van der Waals surface area (Å²) in [6.07, 6.45) is 1.47. The summed E-state index contributed by atoms with van der Waals surface area (Å²) in [4.78, 5) is 11.5. The number of hydrogen-bond donors (Lipinski definition) is 1. The molecule has 0 aromatic rings. The van der Waals surface area contributed by atoms with Crippen molar-refractivity contribution in [3.05, 3.63) is 0 Å². The van der Waals surface area contributed by atoms with Crippen molar-refractivity contribution < 1.29 is 22.7 Å². The van der Waals surface area contributed by atoms with Crippen molar-refractivity contribution in [2.45, 2.75) is 50.7 Å². The van der Waals surface area contributed by atoms with Crippen LogP contribution in [-0.2, 0) is 9.53 Å². The number of hydrogen-bond acceptors (Lipinski definition) is 3. The molecule has 1 rings (SSSR count). The van der Waals surface area contributed by atoms with E-state index in [-0.39, 0.29) is 0 Å². The largest absolute Gasteiger partial charge is 0.468 e. The van der Waals surface area contributed by atoms with E-state index in [9.17, 15) is 18.0 Å². The van der Waals surface area contributed by atoms with Crippen LogP contribution in [0.1, 0.15) is 38.5 Å². The molecule has 0 radical (unpaired) electrons. The molecule has 0 bridgehead atoms. The van der Waals surface area contributed by atoms with Gasteiger partial charge in [0, 0.05) is 0 Å². The lowest BCUT2D eigenvalue weighted by Gasteiger charge is -2.26. The van der Waals surface area contributed by atoms with Crippen molar-refractivity contribution in [1.29, 1.82) is 0 Å². The Balaban J connectivity index is 2.46. The number of ether oxygens (including phenoxy) is 1. The summed E-state index contributed by atoms with van der Waals surface area (Å²) >= 11 is 0. The van der Waals surface area contributed by atoms with Crippen LogP contribution in [0, 0.1) is 5.92 Å². The number of esters is 1. The maximum absolute atomic E-state index is 12.1. The van der Waals surface area contributed by atoms with E-state index in [2.05, 4.69) is 10.1 Å². The van der Waals surface area contributed by atoms with Gasteiger partial charge in [-0.15, -0.1) is 0 Å². The predicted octanol–water partition coefficient (Wildman–Crippen LogP) is 2.65. The Hall–Kier alpha value is -0.780. The molecule has 0 aromatic carbocycles. The van der Waals surface area contributed by atoms with Gasteiger partial charge in [-0.1, -0.05) is 32.1 Å². The lowest BCUT2D eigenvalue weighted by molar-refractivity contribution is -0.147. The Morgan fingerprint density at radius 3 is 2.44 bits per heavy atom. The highest BCUT2D eigenvalue weighted by molar-refractivity contribution is 5.75. The van der Waals surface area contributed by atoms with Crippen LogP contribution in [0.2, 0.25) is 0 Å². The number of carbonyl (C=O) groups is 1. The van der Waals surface area contributed by atoms with E-state index in [4.69, 9.17) is 0 Å². The molecule has 18 heavy (non-hydrogen) atoms. The van der Waals surface area contributed by atoms with Gasteiger partial charge in [0.1, 0.15) is 6.04 Å². The minimum Gasteiger partial charge on any atom is -0.468 e. The molecular weight excluding hydrogens is 247 g/mol. The molecule has 106 valence electrons. The second kappa shape index (κ2) is 6.97. The van der Waals surface area contributed by atoms with E-state index in [1.807, 2.05) is 0 Å². The lowest BCUT2D eigenvalue weighted by Crippen LogP contribution is -2.43. The van der Waals surface area contributed by atoms with Crippen LogP contribution in [0.3, 0.4) is 0 Å². The third-order valence-electron chi connectivity index (χ3n) is 3.33. The molecule has 0 aliphatic heterocycles. The Labute approximate surface area is 105 Å². The molecule has 1 fully saturated rings. The molecule has 1 N–H and O–H groups in total. The van der Waals surface area contributed by atoms with Crippen LogP contribution in [0.15, 0.2) is 0 Å². The fraction of sp³-hybridized carbons (Fsp3) is 0.917. The molecular formula is C12H20F3NO2. The van der Waals surface area contributed by atoms with Crippen molar-refractivity contribution >= 4 is 5.97 Å². The maximum atomic E-state index is 12.1. The second-order valence-corrected chi connectivity index (χ2v) is 4.81. The van der Waals surface area contributed by atoms with Crippen LogP contribution < -0.4 is 5.32 Å². The summed E-state index contributed by atoms with van der Waals surface area (Å²) in [5.74, 6) is -0.284. The minimum absolute atomic E-state index is 0.323. The topological polar surface area (TPSA) is 38.3 Å². The van der Waals surface area contributed by atoms with Gasteiger partial charge in [0.05, 0.1) is 13.7 Å². The molecule has 3 nitrogen and oxygen atoms in total. The zero-order chi connectivity index (χ0) is 13.6. The van der Waals surface area contributed by atoms with Gasteiger partial charge < -0.3 is 4.74 Å². The minimum atomic E-state index is -4.31. The highest BCUT2D eigenvalue weighted by Crippen LogP contribution is 2.27. The average Bonchev–Trinajstić information content (AvgIpc) is 2.33. The Bertz CT molecular complexity index is 263. The fourth-order valence-electron chi connectivity index (χ4n) is 2.40. The molecule has 1 saturated carbocycles. The van der Waals surface area contributed by atoms with Crippen LogP contribution >= 0.6 is 0 Å². The van der Waals surface area contributed by atoms with Gasteiger partial charge in [-0.2, -0.15) is 13.2 Å². The summed E-state index contributed by atoms with van der Waals surface area (Å²) < 4.78 is 41.0. The number of carbonyl (C=O) groups excluding carboxylic acids is 1. The molecule has 6 heteroatoms. The molecule has 0 aromatic heterocycles. The van der Waals surface area contributed by atoms with Crippen LogP contribution in [0.4, 0.5) is 13.2 Å². The SMILES string of the molecule is COC(=O)C(CC1CCCCC1)NCC(F)(F)F. The maximum Gasteiger partial charge on any atom is 0.401 e. The first-order valence-corrected chi connectivity index (χ1v) is 6.30. The van der Waals surface area contributed by atoms with Crippen molar-refractivity contribution in [2.24, 2.45) is 5.92 Å². The number of nitrogens with one attached hydrogen (secondary N) is 1. The fourth-order valence-corrected chi connectivity index (χ4v) is 2.40. The smallest absolute Gasteiger partial charge is 0.401 e. The van der Waals surface area contributed by atoms with E-state index < -0.39 is 24.7 Å². The first-order valence-electron chi connectivity index (χ1n) is 6.30. The highest BCUT2D eigenvalue weighted by Gasteiger charge is 2.31. The zero-order valence-electron chi connectivity index (χ0n) is 10.6. The summed E-state index contributed by atoms with van der Waals surface area (Å²) in [5, 5.41) is 2.26. The van der Waals surface area contributed by atoms with E-state index in [1.165, 1.54) is 13.5 Å². The Kier molecular flexibility index (Phi) is 5.91. The predicted molar refractivity (Wildman–Crippen MR) is 61.1 cm³/mol. The molecule has 0 saturated heterocycles. The lowest BCUT2D eigenvalue weighted by atomic mass is 9.85. The number of methoxy groups -OCH3 is 1. The summed E-state index contributed by atoms with van der Waals surface area (Å²) in [6.45, 7) is -1.15.